The Balaban J connectivity index is 2.02. The van der Waals surface area contributed by atoms with Crippen molar-refractivity contribution in [1.29, 1.82) is 0 Å². The smallest absolute Gasteiger partial charge is 0.343 e. The summed E-state index contributed by atoms with van der Waals surface area (Å²) in [6.45, 7) is 5.18. The first-order chi connectivity index (χ1) is 10.9. The maximum absolute atomic E-state index is 12.5. The van der Waals surface area contributed by atoms with Crippen molar-refractivity contribution in [3.8, 4) is 0 Å². The highest BCUT2D eigenvalue weighted by atomic mass is 127. The van der Waals surface area contributed by atoms with E-state index in [0.717, 1.165) is 20.3 Å². The van der Waals surface area contributed by atoms with Gasteiger partial charge < -0.3 is 14.7 Å². The SMILES string of the molecule is CON1CCC2(CC1)OC(=O)C(c1cc(C)c(I)cc1C)=C2O. The summed E-state index contributed by atoms with van der Waals surface area (Å²) < 4.78 is 6.78. The molecule has 23 heavy (non-hydrogen) atoms. The first kappa shape index (κ1) is 16.7. The van der Waals surface area contributed by atoms with Crippen LogP contribution in [0.4, 0.5) is 0 Å². The Morgan fingerprint density at radius 1 is 1.26 bits per heavy atom. The lowest BCUT2D eigenvalue weighted by molar-refractivity contribution is -0.182. The molecular formula is C17H20INO4. The molecule has 0 radical (unpaired) electrons. The van der Waals surface area contributed by atoms with E-state index in [1.807, 2.05) is 31.0 Å². The predicted octanol–water partition coefficient (Wildman–Crippen LogP) is 3.13. The minimum absolute atomic E-state index is 0.0713. The zero-order valence-electron chi connectivity index (χ0n) is 13.5. The van der Waals surface area contributed by atoms with E-state index in [1.54, 1.807) is 7.11 Å². The highest BCUT2D eigenvalue weighted by molar-refractivity contribution is 14.1. The molecule has 0 unspecified atom stereocenters. The van der Waals surface area contributed by atoms with Gasteiger partial charge in [-0.25, -0.2) is 4.79 Å². The number of hydroxylamine groups is 2. The summed E-state index contributed by atoms with van der Waals surface area (Å²) in [6.07, 6.45) is 1.06. The number of ether oxygens (including phenoxy) is 1. The van der Waals surface area contributed by atoms with Crippen LogP contribution in [0.1, 0.15) is 29.5 Å². The van der Waals surface area contributed by atoms with Crippen LogP contribution in [-0.4, -0.2) is 41.9 Å². The van der Waals surface area contributed by atoms with Crippen molar-refractivity contribution in [3.63, 3.8) is 0 Å². The van der Waals surface area contributed by atoms with Crippen molar-refractivity contribution in [3.05, 3.63) is 38.2 Å². The molecule has 0 aromatic heterocycles. The standard InChI is InChI=1S/C17H20INO4/c1-10-9-13(18)11(2)8-12(10)14-15(20)17(23-16(14)21)4-6-19(22-3)7-5-17/h8-9,20H,4-7H2,1-3H3. The zero-order chi connectivity index (χ0) is 16.8. The fourth-order valence-electron chi connectivity index (χ4n) is 3.26. The molecular weight excluding hydrogens is 409 g/mol. The van der Waals surface area contributed by atoms with Gasteiger partial charge in [-0.3, -0.25) is 0 Å². The van der Waals surface area contributed by atoms with E-state index < -0.39 is 11.6 Å². The Morgan fingerprint density at radius 2 is 1.91 bits per heavy atom. The topological polar surface area (TPSA) is 59.0 Å². The number of carbonyl (C=O) groups is 1. The molecule has 1 spiro atoms. The summed E-state index contributed by atoms with van der Waals surface area (Å²) in [5.74, 6) is -0.362. The highest BCUT2D eigenvalue weighted by Crippen LogP contribution is 2.43. The second-order valence-corrected chi connectivity index (χ2v) is 7.30. The summed E-state index contributed by atoms with van der Waals surface area (Å²) in [4.78, 5) is 17.7. The van der Waals surface area contributed by atoms with Gasteiger partial charge in [0.1, 0.15) is 5.57 Å². The molecule has 124 valence electrons. The van der Waals surface area contributed by atoms with Crippen molar-refractivity contribution in [1.82, 2.24) is 5.06 Å². The van der Waals surface area contributed by atoms with Crippen molar-refractivity contribution < 1.29 is 19.5 Å². The maximum atomic E-state index is 12.5. The van der Waals surface area contributed by atoms with E-state index in [1.165, 1.54) is 0 Å². The molecule has 0 saturated carbocycles. The first-order valence-corrected chi connectivity index (χ1v) is 8.69. The number of rotatable bonds is 2. The second-order valence-electron chi connectivity index (χ2n) is 6.14. The van der Waals surface area contributed by atoms with Crippen molar-refractivity contribution >= 4 is 34.1 Å². The molecule has 3 rings (SSSR count). The first-order valence-electron chi connectivity index (χ1n) is 7.61. The minimum Gasteiger partial charge on any atom is -0.507 e. The van der Waals surface area contributed by atoms with E-state index in [0.29, 0.717) is 31.5 Å². The average molecular weight is 429 g/mol. The molecule has 1 saturated heterocycles. The number of halogens is 1. The number of aryl methyl sites for hydroxylation is 2. The molecule has 2 aliphatic heterocycles. The van der Waals surface area contributed by atoms with Crippen LogP contribution in [0, 0.1) is 17.4 Å². The van der Waals surface area contributed by atoms with Gasteiger partial charge in [0.05, 0.1) is 7.11 Å². The number of aliphatic hydroxyl groups excluding tert-OH is 1. The lowest BCUT2D eigenvalue weighted by Crippen LogP contribution is -2.45. The van der Waals surface area contributed by atoms with Crippen molar-refractivity contribution in [2.24, 2.45) is 0 Å². The van der Waals surface area contributed by atoms with Crippen LogP contribution in [0.3, 0.4) is 0 Å². The van der Waals surface area contributed by atoms with Crippen LogP contribution < -0.4 is 0 Å². The van der Waals surface area contributed by atoms with Crippen LogP contribution in [0.25, 0.3) is 5.57 Å². The minimum atomic E-state index is -0.898. The van der Waals surface area contributed by atoms with Crippen LogP contribution in [-0.2, 0) is 14.4 Å². The van der Waals surface area contributed by atoms with E-state index >= 15 is 0 Å². The second kappa shape index (κ2) is 6.07. The predicted molar refractivity (Wildman–Crippen MR) is 94.8 cm³/mol. The van der Waals surface area contributed by atoms with Gasteiger partial charge in [-0.05, 0) is 65.3 Å². The average Bonchev–Trinajstić information content (AvgIpc) is 2.75. The summed E-state index contributed by atoms with van der Waals surface area (Å²) in [6, 6.07) is 3.98. The number of aliphatic hydroxyl groups is 1. The van der Waals surface area contributed by atoms with E-state index in [-0.39, 0.29) is 5.76 Å². The molecule has 6 heteroatoms. The summed E-state index contributed by atoms with van der Waals surface area (Å²) in [5.41, 5.74) is 2.22. The fraction of sp³-hybridized carbons (Fsp3) is 0.471. The number of benzene rings is 1. The molecule has 5 nitrogen and oxygen atoms in total. The third kappa shape index (κ3) is 2.77. The molecule has 1 fully saturated rings. The summed E-state index contributed by atoms with van der Waals surface area (Å²) >= 11 is 2.27. The monoisotopic (exact) mass is 429 g/mol. The quantitative estimate of drug-likeness (QED) is 0.579. The summed E-state index contributed by atoms with van der Waals surface area (Å²) in [5, 5.41) is 12.6. The number of nitrogens with zero attached hydrogens (tertiary/aromatic N) is 1. The van der Waals surface area contributed by atoms with Crippen molar-refractivity contribution in [2.75, 3.05) is 20.2 Å². The van der Waals surface area contributed by atoms with Gasteiger partial charge in [0.25, 0.3) is 0 Å². The molecule has 1 N–H and O–H groups in total. The Kier molecular flexibility index (Phi) is 4.41. The van der Waals surface area contributed by atoms with Gasteiger partial charge in [-0.1, -0.05) is 0 Å². The van der Waals surface area contributed by atoms with Gasteiger partial charge in [0, 0.05) is 29.5 Å². The number of esters is 1. The molecule has 1 aromatic carbocycles. The van der Waals surface area contributed by atoms with Crippen LogP contribution >= 0.6 is 22.6 Å². The zero-order valence-corrected chi connectivity index (χ0v) is 15.6. The molecule has 0 aliphatic carbocycles. The molecule has 0 amide bonds. The number of carbonyl (C=O) groups excluding carboxylic acids is 1. The Labute approximate surface area is 149 Å². The lowest BCUT2D eigenvalue weighted by atomic mass is 9.87. The van der Waals surface area contributed by atoms with Crippen LogP contribution in [0.5, 0.6) is 0 Å². The Morgan fingerprint density at radius 3 is 2.52 bits per heavy atom. The molecule has 2 heterocycles. The number of hydrogen-bond acceptors (Lipinski definition) is 5. The van der Waals surface area contributed by atoms with Crippen LogP contribution in [0.2, 0.25) is 0 Å². The van der Waals surface area contributed by atoms with Gasteiger partial charge in [0.15, 0.2) is 11.4 Å². The van der Waals surface area contributed by atoms with Gasteiger partial charge in [-0.15, -0.1) is 0 Å². The van der Waals surface area contributed by atoms with Gasteiger partial charge in [0.2, 0.25) is 0 Å². The van der Waals surface area contributed by atoms with Crippen LogP contribution in [0.15, 0.2) is 17.9 Å². The Bertz CT molecular complexity index is 690. The fourth-order valence-corrected chi connectivity index (χ4v) is 3.88. The molecule has 0 atom stereocenters. The molecule has 1 aromatic rings. The third-order valence-corrected chi connectivity index (χ3v) is 5.89. The number of hydrogen-bond donors (Lipinski definition) is 1. The molecule has 2 aliphatic rings. The van der Waals surface area contributed by atoms with E-state index in [4.69, 9.17) is 9.57 Å². The highest BCUT2D eigenvalue weighted by Gasteiger charge is 2.50. The van der Waals surface area contributed by atoms with Crippen molar-refractivity contribution in [2.45, 2.75) is 32.3 Å². The van der Waals surface area contributed by atoms with E-state index in [9.17, 15) is 9.90 Å². The largest absolute Gasteiger partial charge is 0.507 e. The lowest BCUT2D eigenvalue weighted by Gasteiger charge is -2.36. The third-order valence-electron chi connectivity index (χ3n) is 4.72. The summed E-state index contributed by atoms with van der Waals surface area (Å²) in [7, 11) is 1.62. The van der Waals surface area contributed by atoms with E-state index in [2.05, 4.69) is 22.6 Å². The Hall–Kier alpha value is -1.12. The molecule has 0 bridgehead atoms. The number of piperidine rings is 1. The van der Waals surface area contributed by atoms with Gasteiger partial charge in [-0.2, -0.15) is 5.06 Å². The normalized spacial score (nSPS) is 21.1. The maximum Gasteiger partial charge on any atom is 0.343 e. The van der Waals surface area contributed by atoms with Gasteiger partial charge >= 0.3 is 5.97 Å².